The van der Waals surface area contributed by atoms with Crippen molar-refractivity contribution in [1.29, 1.82) is 0 Å². The summed E-state index contributed by atoms with van der Waals surface area (Å²) in [5.74, 6) is -0.149. The van der Waals surface area contributed by atoms with Crippen LogP contribution in [0.5, 0.6) is 0 Å². The third-order valence-corrected chi connectivity index (χ3v) is 12.8. The maximum Gasteiger partial charge on any atom is 0.416 e. The molecule has 2 aliphatic rings. The molecular weight excluding hydrogens is 547 g/mol. The Morgan fingerprint density at radius 2 is 1.63 bits per heavy atom. The lowest BCUT2D eigenvalue weighted by atomic mass is 9.71. The van der Waals surface area contributed by atoms with Crippen LogP contribution in [-0.2, 0) is 21.5 Å². The number of hydrogen-bond donors (Lipinski definition) is 0. The first-order valence-electron chi connectivity index (χ1n) is 14.6. The summed E-state index contributed by atoms with van der Waals surface area (Å²) in [5.41, 5.74) is 3.42. The molecule has 2 unspecified atom stereocenters. The number of ether oxygens (including phenoxy) is 1. The summed E-state index contributed by atoms with van der Waals surface area (Å²) in [5, 5.41) is 0. The van der Waals surface area contributed by atoms with Gasteiger partial charge in [0.05, 0.1) is 29.0 Å². The minimum absolute atomic E-state index is 0.0565. The number of halogens is 3. The molecule has 0 saturated heterocycles. The molecule has 0 radical (unpaired) electrons. The fraction of sp³-hybridized carbons (Fsp3) is 0.636. The van der Waals surface area contributed by atoms with E-state index < -0.39 is 28.2 Å². The van der Waals surface area contributed by atoms with Gasteiger partial charge in [-0.05, 0) is 74.1 Å². The van der Waals surface area contributed by atoms with Gasteiger partial charge in [-0.2, -0.15) is 13.2 Å². The van der Waals surface area contributed by atoms with Gasteiger partial charge in [0.1, 0.15) is 0 Å². The van der Waals surface area contributed by atoms with E-state index in [2.05, 4.69) is 47.1 Å². The van der Waals surface area contributed by atoms with Gasteiger partial charge >= 0.3 is 6.18 Å². The van der Waals surface area contributed by atoms with Gasteiger partial charge in [-0.25, -0.2) is 0 Å². The van der Waals surface area contributed by atoms with Crippen LogP contribution < -0.4 is 0 Å². The summed E-state index contributed by atoms with van der Waals surface area (Å²) in [6.45, 7) is 13.0. The number of hydrogen-bond acceptors (Lipinski definition) is 4. The lowest BCUT2D eigenvalue weighted by molar-refractivity contribution is -0.137. The number of methoxy groups -OCH3 is 1. The summed E-state index contributed by atoms with van der Waals surface area (Å²) in [4.78, 5) is 19.5. The summed E-state index contributed by atoms with van der Waals surface area (Å²) >= 11 is 0. The first-order chi connectivity index (χ1) is 18.9. The largest absolute Gasteiger partial charge is 0.416 e. The van der Waals surface area contributed by atoms with E-state index in [-0.39, 0.29) is 33.5 Å². The Balaban J connectivity index is 2.00. The van der Waals surface area contributed by atoms with E-state index in [0.29, 0.717) is 11.3 Å². The predicted octanol–water partition coefficient (Wildman–Crippen LogP) is 9.50. The molecule has 0 spiro atoms. The van der Waals surface area contributed by atoms with Crippen molar-refractivity contribution in [3.05, 3.63) is 63.5 Å². The molecule has 0 bridgehead atoms. The van der Waals surface area contributed by atoms with E-state index in [1.54, 1.807) is 7.11 Å². The van der Waals surface area contributed by atoms with Gasteiger partial charge in [0, 0.05) is 28.7 Å². The molecule has 0 aliphatic heterocycles. The molecule has 2 atom stereocenters. The number of benzene rings is 1. The summed E-state index contributed by atoms with van der Waals surface area (Å²) in [6.07, 6.45) is 4.85. The van der Waals surface area contributed by atoms with Crippen LogP contribution >= 0.6 is 10.3 Å². The average Bonchev–Trinajstić information content (AvgIpc) is 3.39. The monoisotopic (exact) mass is 593 g/mol. The second-order valence-electron chi connectivity index (χ2n) is 13.9. The van der Waals surface area contributed by atoms with Crippen LogP contribution in [0.3, 0.4) is 0 Å². The van der Waals surface area contributed by atoms with Crippen molar-refractivity contribution >= 4 is 16.1 Å². The number of carbonyl (C=O) groups excluding carboxylic acids is 1. The first-order valence-corrected chi connectivity index (χ1v) is 17.0. The summed E-state index contributed by atoms with van der Waals surface area (Å²) in [6, 6.07) is 4.54. The highest BCUT2D eigenvalue weighted by molar-refractivity contribution is 8.29. The van der Waals surface area contributed by atoms with Crippen LogP contribution in [0.2, 0.25) is 0 Å². The number of pyridine rings is 1. The molecule has 2 aromatic rings. The molecule has 8 heteroatoms. The molecule has 41 heavy (non-hydrogen) atoms. The van der Waals surface area contributed by atoms with Gasteiger partial charge in [-0.3, -0.25) is 9.78 Å². The van der Waals surface area contributed by atoms with Gasteiger partial charge in [-0.1, -0.05) is 59.6 Å². The lowest BCUT2D eigenvalue weighted by Crippen LogP contribution is -2.34. The van der Waals surface area contributed by atoms with Crippen molar-refractivity contribution in [2.75, 3.05) is 19.6 Å². The molecular formula is C33H46F3NO3S. The smallest absolute Gasteiger partial charge is 0.375 e. The number of rotatable bonds is 7. The molecule has 1 saturated carbocycles. The summed E-state index contributed by atoms with van der Waals surface area (Å²) in [7, 11) is 0.0861. The minimum atomic E-state index is -4.47. The molecule has 4 rings (SSSR count). The zero-order valence-corrected chi connectivity index (χ0v) is 26.8. The van der Waals surface area contributed by atoms with Gasteiger partial charge < -0.3 is 8.92 Å². The molecule has 0 amide bonds. The maximum atomic E-state index is 14.4. The zero-order valence-electron chi connectivity index (χ0n) is 26.0. The topological polar surface area (TPSA) is 48.4 Å². The van der Waals surface area contributed by atoms with Gasteiger partial charge in [0.2, 0.25) is 0 Å². The van der Waals surface area contributed by atoms with Gasteiger partial charge in [0.25, 0.3) is 0 Å². The highest BCUT2D eigenvalue weighted by atomic mass is 32.3. The number of carbonyl (C=O) groups is 1. The second kappa shape index (κ2) is 11.3. The first kappa shape index (κ1) is 32.0. The lowest BCUT2D eigenvalue weighted by Gasteiger charge is -2.49. The van der Waals surface area contributed by atoms with Crippen LogP contribution in [0, 0.1) is 5.41 Å². The quantitative estimate of drug-likeness (QED) is 0.300. The van der Waals surface area contributed by atoms with Crippen LogP contribution in [0.25, 0.3) is 0 Å². The number of fused-ring (bicyclic) bond motifs is 1. The summed E-state index contributed by atoms with van der Waals surface area (Å²) < 4.78 is 52.7. The highest BCUT2D eigenvalue weighted by Gasteiger charge is 2.44. The number of ketones is 1. The van der Waals surface area contributed by atoms with Crippen molar-refractivity contribution in [1.82, 2.24) is 4.98 Å². The predicted molar refractivity (Wildman–Crippen MR) is 161 cm³/mol. The SMILES string of the molecule is COC(C)c1nc2c(c(C3CCCC3)c1C(=O)c1ccc(C(F)(F)F)cc1)C(OS(C)(C)C(C)(C)C)CC(C)(C)C2. The Labute approximate surface area is 245 Å². The third-order valence-electron chi connectivity index (χ3n) is 9.12. The number of alkyl halides is 3. The maximum absolute atomic E-state index is 14.4. The standard InChI is InChI=1S/C33H46F3NO3S/c1-20(39-7)29-28(30(38)22-14-16-23(17-15-22)33(34,35)36)26(21-12-10-11-13-21)27-24(37-29)18-32(5,6)19-25(27)40-41(8,9)31(2,3)4/h14-17,20-21,25H,10-13,18-19H2,1-9H3. The van der Waals surface area contributed by atoms with Crippen LogP contribution in [0.1, 0.15) is 136 Å². The van der Waals surface area contributed by atoms with Crippen molar-refractivity contribution < 1.29 is 26.9 Å². The molecule has 1 aromatic heterocycles. The minimum Gasteiger partial charge on any atom is -0.375 e. The third kappa shape index (κ3) is 6.54. The molecule has 2 aliphatic carbocycles. The van der Waals surface area contributed by atoms with Crippen molar-refractivity contribution in [2.24, 2.45) is 5.41 Å². The Morgan fingerprint density at radius 1 is 1.05 bits per heavy atom. The van der Waals surface area contributed by atoms with Crippen LogP contribution in [-0.4, -0.2) is 35.1 Å². The molecule has 228 valence electrons. The number of nitrogens with zero attached hydrogens (tertiary/aromatic N) is 1. The number of aromatic nitrogens is 1. The Bertz CT molecular complexity index is 1270. The highest BCUT2D eigenvalue weighted by Crippen LogP contribution is 2.60. The van der Waals surface area contributed by atoms with E-state index >= 15 is 0 Å². The van der Waals surface area contributed by atoms with Gasteiger partial charge in [-0.15, -0.1) is 10.3 Å². The second-order valence-corrected chi connectivity index (χ2v) is 17.8. The fourth-order valence-electron chi connectivity index (χ4n) is 6.07. The Morgan fingerprint density at radius 3 is 2.15 bits per heavy atom. The zero-order chi connectivity index (χ0) is 30.5. The fourth-order valence-corrected chi connectivity index (χ4v) is 7.10. The van der Waals surface area contributed by atoms with E-state index in [9.17, 15) is 18.0 Å². The van der Waals surface area contributed by atoms with Crippen LogP contribution in [0.4, 0.5) is 13.2 Å². The molecule has 4 nitrogen and oxygen atoms in total. The average molecular weight is 594 g/mol. The Kier molecular flexibility index (Phi) is 8.83. The Hall–Kier alpha value is -1.90. The van der Waals surface area contributed by atoms with Crippen molar-refractivity contribution in [3.63, 3.8) is 0 Å². The molecule has 0 N–H and O–H groups in total. The van der Waals surface area contributed by atoms with E-state index in [1.807, 2.05) is 6.92 Å². The van der Waals surface area contributed by atoms with Crippen molar-refractivity contribution in [3.8, 4) is 0 Å². The molecule has 1 heterocycles. The van der Waals surface area contributed by atoms with Crippen molar-refractivity contribution in [2.45, 2.75) is 109 Å². The van der Waals surface area contributed by atoms with Gasteiger partial charge in [0.15, 0.2) is 5.78 Å². The van der Waals surface area contributed by atoms with E-state index in [0.717, 1.165) is 67.5 Å². The molecule has 1 aromatic carbocycles. The normalized spacial score (nSPS) is 21.0. The van der Waals surface area contributed by atoms with E-state index in [4.69, 9.17) is 13.9 Å². The molecule has 1 fully saturated rings. The van der Waals surface area contributed by atoms with Crippen LogP contribution in [0.15, 0.2) is 24.3 Å². The van der Waals surface area contributed by atoms with E-state index in [1.165, 1.54) is 12.1 Å².